The van der Waals surface area contributed by atoms with Crippen LogP contribution in [0.25, 0.3) is 0 Å². The van der Waals surface area contributed by atoms with E-state index in [0.717, 1.165) is 12.3 Å². The van der Waals surface area contributed by atoms with Crippen LogP contribution in [-0.2, 0) is 12.1 Å². The smallest absolute Gasteiger partial charge is 0.417 e. The average Bonchev–Trinajstić information content (AvgIpc) is 2.55. The van der Waals surface area contributed by atoms with Gasteiger partial charge in [0.25, 0.3) is 0 Å². The number of hydrogen-bond donors (Lipinski definition) is 1. The molecule has 9 heteroatoms. The van der Waals surface area contributed by atoms with Gasteiger partial charge in [-0.1, -0.05) is 0 Å². The van der Waals surface area contributed by atoms with E-state index in [0.29, 0.717) is 43.9 Å². The van der Waals surface area contributed by atoms with Gasteiger partial charge in [0.05, 0.1) is 11.4 Å². The summed E-state index contributed by atoms with van der Waals surface area (Å²) in [4.78, 5) is 18.2. The lowest BCUT2D eigenvalue weighted by molar-refractivity contribution is -0.137. The molecule has 2 rings (SSSR count). The fourth-order valence-corrected chi connectivity index (χ4v) is 3.16. The van der Waals surface area contributed by atoms with Crippen molar-refractivity contribution >= 4 is 23.5 Å². The van der Waals surface area contributed by atoms with Crippen molar-refractivity contribution in [3.63, 3.8) is 0 Å². The summed E-state index contributed by atoms with van der Waals surface area (Å²) in [6.45, 7) is 3.24. The van der Waals surface area contributed by atoms with Gasteiger partial charge in [-0.2, -0.15) is 13.2 Å². The highest BCUT2D eigenvalue weighted by Crippen LogP contribution is 2.33. The number of halogens is 4. The Balaban J connectivity index is 2.23. The number of carbonyl (C=O) groups is 1. The molecule has 1 saturated heterocycles. The molecule has 1 fully saturated rings. The number of likely N-dealkylation sites (tertiary alicyclic amines) is 1. The van der Waals surface area contributed by atoms with Gasteiger partial charge in [-0.25, -0.2) is 9.78 Å². The van der Waals surface area contributed by atoms with Gasteiger partial charge in [-0.15, -0.1) is 11.6 Å². The Bertz CT molecular complexity index is 590. The van der Waals surface area contributed by atoms with Crippen molar-refractivity contribution in [3.8, 4) is 0 Å². The maximum Gasteiger partial charge on any atom is 0.417 e. The molecule has 0 aliphatic carbocycles. The van der Waals surface area contributed by atoms with Crippen LogP contribution in [0.15, 0.2) is 12.3 Å². The molecule has 134 valence electrons. The molecule has 1 aliphatic heterocycles. The van der Waals surface area contributed by atoms with Gasteiger partial charge >= 0.3 is 12.3 Å². The molecule has 0 atom stereocenters. The molecule has 1 aromatic heterocycles. The lowest BCUT2D eigenvalue weighted by Gasteiger charge is -2.38. The summed E-state index contributed by atoms with van der Waals surface area (Å²) in [7, 11) is 0. The molecule has 0 unspecified atom stereocenters. The summed E-state index contributed by atoms with van der Waals surface area (Å²) >= 11 is 5.84. The number of alkyl halides is 4. The third-order valence-electron chi connectivity index (χ3n) is 4.20. The van der Waals surface area contributed by atoms with Crippen molar-refractivity contribution in [2.45, 2.75) is 37.9 Å². The number of carboxylic acid groups (broad SMARTS) is 1. The van der Waals surface area contributed by atoms with Crippen molar-refractivity contribution in [1.82, 2.24) is 9.88 Å². The highest BCUT2D eigenvalue weighted by molar-refractivity contribution is 6.17. The maximum absolute atomic E-state index is 12.8. The first kappa shape index (κ1) is 18.6. The molecule has 0 bridgehead atoms. The van der Waals surface area contributed by atoms with Gasteiger partial charge in [0.1, 0.15) is 5.82 Å². The fraction of sp³-hybridized carbons (Fsp3) is 0.600. The molecule has 1 amide bonds. The number of amides is 1. The molecule has 24 heavy (non-hydrogen) atoms. The summed E-state index contributed by atoms with van der Waals surface area (Å²) in [6.07, 6.45) is -3.39. The second kappa shape index (κ2) is 7.46. The van der Waals surface area contributed by atoms with Gasteiger partial charge in [0, 0.05) is 37.4 Å². The van der Waals surface area contributed by atoms with Gasteiger partial charge in [0.15, 0.2) is 0 Å². The Morgan fingerprint density at radius 2 is 2.08 bits per heavy atom. The van der Waals surface area contributed by atoms with E-state index >= 15 is 0 Å². The average molecular weight is 366 g/mol. The van der Waals surface area contributed by atoms with Gasteiger partial charge in [-0.3, -0.25) is 0 Å². The van der Waals surface area contributed by atoms with E-state index in [4.69, 9.17) is 16.7 Å². The number of piperidine rings is 1. The van der Waals surface area contributed by atoms with Gasteiger partial charge in [0.2, 0.25) is 0 Å². The second-order valence-corrected chi connectivity index (χ2v) is 5.89. The lowest BCUT2D eigenvalue weighted by atomic mass is 10.0. The summed E-state index contributed by atoms with van der Waals surface area (Å²) in [5.41, 5.74) is -0.493. The van der Waals surface area contributed by atoms with Crippen LogP contribution in [0.3, 0.4) is 0 Å². The Labute approximate surface area is 143 Å². The van der Waals surface area contributed by atoms with Crippen molar-refractivity contribution in [2.24, 2.45) is 0 Å². The Morgan fingerprint density at radius 3 is 2.54 bits per heavy atom. The van der Waals surface area contributed by atoms with E-state index in [1.165, 1.54) is 4.90 Å². The van der Waals surface area contributed by atoms with Crippen LogP contribution in [0.1, 0.15) is 30.9 Å². The molecular formula is C15H19ClF3N3O2. The minimum atomic E-state index is -4.46. The molecule has 1 aliphatic rings. The zero-order valence-corrected chi connectivity index (χ0v) is 13.9. The van der Waals surface area contributed by atoms with Crippen molar-refractivity contribution in [2.75, 3.05) is 24.5 Å². The molecule has 1 aromatic rings. The standard InChI is InChI=1S/C15H19ClF3N3O2/c1-2-22(12-3-5-21(6-4-12)14(23)24)13-10(8-16)7-11(9-20-13)15(17,18)19/h7,9,12H,2-6,8H2,1H3,(H,23,24). The maximum atomic E-state index is 12.8. The predicted octanol–water partition coefficient (Wildman–Crippen LogP) is 3.81. The number of rotatable bonds is 4. The van der Waals surface area contributed by atoms with E-state index in [2.05, 4.69) is 4.98 Å². The lowest BCUT2D eigenvalue weighted by Crippen LogP contribution is -2.47. The first-order chi connectivity index (χ1) is 11.3. The molecule has 0 saturated carbocycles. The summed E-state index contributed by atoms with van der Waals surface area (Å²) in [6, 6.07) is 1.06. The van der Waals surface area contributed by atoms with Crippen LogP contribution in [0.5, 0.6) is 0 Å². The molecule has 5 nitrogen and oxygen atoms in total. The van der Waals surface area contributed by atoms with E-state index in [1.54, 1.807) is 0 Å². The molecular weight excluding hydrogens is 347 g/mol. The first-order valence-electron chi connectivity index (χ1n) is 7.64. The van der Waals surface area contributed by atoms with Gasteiger partial charge in [-0.05, 0) is 25.8 Å². The van der Waals surface area contributed by atoms with Crippen molar-refractivity contribution in [3.05, 3.63) is 23.4 Å². The Hall–Kier alpha value is -1.70. The van der Waals surface area contributed by atoms with Crippen molar-refractivity contribution in [1.29, 1.82) is 0 Å². The minimum absolute atomic E-state index is 0.0248. The molecule has 0 spiro atoms. The van der Waals surface area contributed by atoms with Crippen LogP contribution < -0.4 is 4.90 Å². The fourth-order valence-electron chi connectivity index (χ4n) is 2.96. The minimum Gasteiger partial charge on any atom is -0.465 e. The van der Waals surface area contributed by atoms with E-state index in [9.17, 15) is 18.0 Å². The van der Waals surface area contributed by atoms with Crippen LogP contribution in [0, 0.1) is 0 Å². The summed E-state index contributed by atoms with van der Waals surface area (Å²) in [5.74, 6) is 0.366. The zero-order valence-electron chi connectivity index (χ0n) is 13.2. The number of aromatic nitrogens is 1. The largest absolute Gasteiger partial charge is 0.465 e. The van der Waals surface area contributed by atoms with Gasteiger partial charge < -0.3 is 14.9 Å². The Kier molecular flexibility index (Phi) is 5.79. The quantitative estimate of drug-likeness (QED) is 0.824. The summed E-state index contributed by atoms with van der Waals surface area (Å²) in [5, 5.41) is 9.00. The molecule has 0 radical (unpaired) electrons. The number of pyridine rings is 1. The monoisotopic (exact) mass is 365 g/mol. The first-order valence-corrected chi connectivity index (χ1v) is 8.18. The van der Waals surface area contributed by atoms with Crippen LogP contribution in [-0.4, -0.2) is 46.8 Å². The number of nitrogens with zero attached hydrogens (tertiary/aromatic N) is 3. The molecule has 2 heterocycles. The summed E-state index contributed by atoms with van der Waals surface area (Å²) < 4.78 is 38.5. The topological polar surface area (TPSA) is 56.7 Å². The van der Waals surface area contributed by atoms with Crippen LogP contribution in [0.2, 0.25) is 0 Å². The predicted molar refractivity (Wildman–Crippen MR) is 84.4 cm³/mol. The van der Waals surface area contributed by atoms with E-state index in [-0.39, 0.29) is 11.9 Å². The highest BCUT2D eigenvalue weighted by Gasteiger charge is 2.33. The number of hydrogen-bond acceptors (Lipinski definition) is 3. The SMILES string of the molecule is CCN(c1ncc(C(F)(F)F)cc1CCl)C1CCN(C(=O)O)CC1. The van der Waals surface area contributed by atoms with Crippen LogP contribution in [0.4, 0.5) is 23.8 Å². The zero-order chi connectivity index (χ0) is 17.9. The molecule has 1 N–H and O–H groups in total. The second-order valence-electron chi connectivity index (χ2n) is 5.62. The number of anilines is 1. The van der Waals surface area contributed by atoms with Crippen molar-refractivity contribution < 1.29 is 23.1 Å². The Morgan fingerprint density at radius 1 is 1.46 bits per heavy atom. The third-order valence-corrected chi connectivity index (χ3v) is 4.49. The molecule has 0 aromatic carbocycles. The highest BCUT2D eigenvalue weighted by atomic mass is 35.5. The normalized spacial score (nSPS) is 16.3. The third kappa shape index (κ3) is 4.03. The van der Waals surface area contributed by atoms with Crippen LogP contribution >= 0.6 is 11.6 Å². The van der Waals surface area contributed by atoms with E-state index < -0.39 is 17.8 Å². The van der Waals surface area contributed by atoms with E-state index in [1.807, 2.05) is 11.8 Å².